The third-order valence-electron chi connectivity index (χ3n) is 5.82. The summed E-state index contributed by atoms with van der Waals surface area (Å²) >= 11 is 0. The van der Waals surface area contributed by atoms with Crippen molar-refractivity contribution in [3.05, 3.63) is 0 Å². The summed E-state index contributed by atoms with van der Waals surface area (Å²) in [6, 6.07) is 0.434. The number of carbonyl (C=O) groups excluding carboxylic acids is 1. The summed E-state index contributed by atoms with van der Waals surface area (Å²) in [5.41, 5.74) is -1.52. The highest BCUT2D eigenvalue weighted by Gasteiger charge is 2.55. The smallest absolute Gasteiger partial charge is 0.475 e. The van der Waals surface area contributed by atoms with Gasteiger partial charge in [-0.15, -0.1) is 0 Å². The van der Waals surface area contributed by atoms with Gasteiger partial charge in [0.05, 0.1) is 13.2 Å². The first-order chi connectivity index (χ1) is 12.6. The van der Waals surface area contributed by atoms with E-state index < -0.39 is 17.8 Å². The van der Waals surface area contributed by atoms with E-state index in [1.54, 1.807) is 4.90 Å². The Bertz CT molecular complexity index is 576. The van der Waals surface area contributed by atoms with Gasteiger partial charge in [-0.2, -0.15) is 13.2 Å². The van der Waals surface area contributed by atoms with Crippen molar-refractivity contribution in [3.8, 4) is 0 Å². The summed E-state index contributed by atoms with van der Waals surface area (Å²) in [5.74, 6) is -2.13. The zero-order valence-electron chi connectivity index (χ0n) is 14.9. The van der Waals surface area contributed by atoms with Gasteiger partial charge in [0, 0.05) is 31.0 Å². The number of likely N-dealkylation sites (tertiary alicyclic amines) is 2. The van der Waals surface area contributed by atoms with Crippen LogP contribution < -0.4 is 0 Å². The number of carboxylic acids is 1. The van der Waals surface area contributed by atoms with E-state index in [1.807, 2.05) is 0 Å². The Hall–Kier alpha value is -1.42. The van der Waals surface area contributed by atoms with Crippen LogP contribution in [0, 0.1) is 11.8 Å². The van der Waals surface area contributed by atoms with Crippen LogP contribution >= 0.6 is 0 Å². The second-order valence-corrected chi connectivity index (χ2v) is 7.75. The number of ether oxygens (including phenoxy) is 1. The highest BCUT2D eigenvalue weighted by molar-refractivity contribution is 5.88. The molecule has 3 atom stereocenters. The van der Waals surface area contributed by atoms with Crippen LogP contribution in [0.2, 0.25) is 0 Å². The van der Waals surface area contributed by atoms with Crippen molar-refractivity contribution in [1.29, 1.82) is 0 Å². The second kappa shape index (κ2) is 7.54. The van der Waals surface area contributed by atoms with Crippen molar-refractivity contribution in [2.24, 2.45) is 11.8 Å². The van der Waals surface area contributed by atoms with Gasteiger partial charge < -0.3 is 14.7 Å². The normalized spacial score (nSPS) is 32.4. The van der Waals surface area contributed by atoms with Gasteiger partial charge in [0.15, 0.2) is 5.67 Å². The minimum atomic E-state index is -5.08. The maximum Gasteiger partial charge on any atom is 0.490 e. The molecule has 4 fully saturated rings. The minimum absolute atomic E-state index is 0.257. The highest BCUT2D eigenvalue weighted by Crippen LogP contribution is 2.44. The molecule has 1 amide bonds. The standard InChI is InChI=1S/C15H23FN2O2.C2HF3O2/c16-15(3-4-15)14(19)18-7-11-9-20-10-13(12(11)8-18)17-5-1-2-6-17;3-2(4,5)1(6)7/h11-13H,1-10H2;(H,6,7)/t11-,12-,13-;/m1./s1. The van der Waals surface area contributed by atoms with Crippen LogP contribution in [0.5, 0.6) is 0 Å². The molecule has 0 spiro atoms. The maximum atomic E-state index is 14.0. The first kappa shape index (κ1) is 20.3. The highest BCUT2D eigenvalue weighted by atomic mass is 19.4. The third-order valence-corrected chi connectivity index (χ3v) is 5.82. The molecule has 3 aliphatic heterocycles. The summed E-state index contributed by atoms with van der Waals surface area (Å²) in [5, 5.41) is 7.12. The molecule has 3 saturated heterocycles. The maximum absolute atomic E-state index is 14.0. The van der Waals surface area contributed by atoms with Crippen LogP contribution in [0.3, 0.4) is 0 Å². The number of rotatable bonds is 2. The lowest BCUT2D eigenvalue weighted by Gasteiger charge is -2.38. The van der Waals surface area contributed by atoms with E-state index in [-0.39, 0.29) is 5.91 Å². The Kier molecular flexibility index (Phi) is 5.67. The Balaban J connectivity index is 0.000000260. The zero-order valence-corrected chi connectivity index (χ0v) is 14.9. The molecule has 154 valence electrons. The van der Waals surface area contributed by atoms with E-state index in [4.69, 9.17) is 14.6 Å². The SMILES string of the molecule is O=C(N1C[C@@H]2COC[C@@H](N3CCCC3)[C@@H]2C1)C1(F)CC1.O=C(O)C(F)(F)F. The first-order valence-electron chi connectivity index (χ1n) is 9.22. The molecule has 4 aliphatic rings. The molecule has 0 unspecified atom stereocenters. The van der Waals surface area contributed by atoms with Crippen molar-refractivity contribution in [3.63, 3.8) is 0 Å². The molecule has 10 heteroatoms. The number of alkyl halides is 4. The molecule has 0 aromatic carbocycles. The Morgan fingerprint density at radius 1 is 1.07 bits per heavy atom. The summed E-state index contributed by atoms with van der Waals surface area (Å²) in [4.78, 5) is 25.4. The van der Waals surface area contributed by atoms with Crippen LogP contribution in [-0.4, -0.2) is 84.1 Å². The fraction of sp³-hybridized carbons (Fsp3) is 0.882. The van der Waals surface area contributed by atoms with Crippen molar-refractivity contribution in [2.45, 2.75) is 43.6 Å². The molecular weight excluding hydrogens is 372 g/mol. The molecule has 3 heterocycles. The average Bonchev–Trinajstić information content (AvgIpc) is 3.05. The Labute approximate surface area is 154 Å². The predicted octanol–water partition coefficient (Wildman–Crippen LogP) is 1.69. The molecule has 1 saturated carbocycles. The van der Waals surface area contributed by atoms with Crippen LogP contribution in [0.1, 0.15) is 25.7 Å². The predicted molar refractivity (Wildman–Crippen MR) is 85.7 cm³/mol. The number of amides is 1. The van der Waals surface area contributed by atoms with E-state index in [9.17, 15) is 22.4 Å². The van der Waals surface area contributed by atoms with Gasteiger partial charge in [-0.25, -0.2) is 9.18 Å². The summed E-state index contributed by atoms with van der Waals surface area (Å²) in [6.07, 6.45) is -1.71. The van der Waals surface area contributed by atoms with Gasteiger partial charge in [0.1, 0.15) is 0 Å². The van der Waals surface area contributed by atoms with Gasteiger partial charge in [0.25, 0.3) is 5.91 Å². The molecule has 0 aromatic rings. The molecule has 27 heavy (non-hydrogen) atoms. The molecule has 4 rings (SSSR count). The number of fused-ring (bicyclic) bond motifs is 1. The summed E-state index contributed by atoms with van der Waals surface area (Å²) in [7, 11) is 0. The summed E-state index contributed by atoms with van der Waals surface area (Å²) in [6.45, 7) is 5.25. The molecule has 1 N–H and O–H groups in total. The number of carboxylic acid groups (broad SMARTS) is 1. The van der Waals surface area contributed by atoms with E-state index in [1.165, 1.54) is 12.8 Å². The molecule has 1 aliphatic carbocycles. The van der Waals surface area contributed by atoms with Crippen LogP contribution in [0.25, 0.3) is 0 Å². The van der Waals surface area contributed by atoms with Gasteiger partial charge in [0.2, 0.25) is 0 Å². The van der Waals surface area contributed by atoms with Gasteiger partial charge in [-0.05, 0) is 38.8 Å². The minimum Gasteiger partial charge on any atom is -0.475 e. The average molecular weight is 396 g/mol. The third kappa shape index (κ3) is 4.53. The lowest BCUT2D eigenvalue weighted by Crippen LogP contribution is -2.49. The van der Waals surface area contributed by atoms with E-state index >= 15 is 0 Å². The van der Waals surface area contributed by atoms with E-state index in [2.05, 4.69) is 4.90 Å². The number of hydrogen-bond acceptors (Lipinski definition) is 4. The van der Waals surface area contributed by atoms with Gasteiger partial charge in [-0.1, -0.05) is 0 Å². The van der Waals surface area contributed by atoms with Crippen molar-refractivity contribution < 1.29 is 37.0 Å². The molecule has 0 radical (unpaired) electrons. The van der Waals surface area contributed by atoms with E-state index in [0.29, 0.717) is 37.3 Å². The molecule has 0 bridgehead atoms. The Morgan fingerprint density at radius 2 is 1.67 bits per heavy atom. The van der Waals surface area contributed by atoms with Crippen LogP contribution in [0.15, 0.2) is 0 Å². The second-order valence-electron chi connectivity index (χ2n) is 7.75. The summed E-state index contributed by atoms with van der Waals surface area (Å²) < 4.78 is 51.5. The molecule has 0 aromatic heterocycles. The Morgan fingerprint density at radius 3 is 2.19 bits per heavy atom. The lowest BCUT2D eigenvalue weighted by atomic mass is 9.87. The topological polar surface area (TPSA) is 70.1 Å². The number of halogens is 4. The van der Waals surface area contributed by atoms with Crippen molar-refractivity contribution >= 4 is 11.9 Å². The number of carbonyl (C=O) groups is 2. The zero-order chi connectivity index (χ0) is 19.8. The fourth-order valence-corrected chi connectivity index (χ4v) is 4.19. The number of hydrogen-bond donors (Lipinski definition) is 1. The quantitative estimate of drug-likeness (QED) is 0.720. The molecular formula is C17H24F4N2O4. The van der Waals surface area contributed by atoms with Crippen LogP contribution in [-0.2, 0) is 14.3 Å². The van der Waals surface area contributed by atoms with Gasteiger partial charge >= 0.3 is 12.1 Å². The number of nitrogens with zero attached hydrogens (tertiary/aromatic N) is 2. The largest absolute Gasteiger partial charge is 0.490 e. The van der Waals surface area contributed by atoms with Crippen LogP contribution in [0.4, 0.5) is 17.6 Å². The molecule has 6 nitrogen and oxygen atoms in total. The lowest BCUT2D eigenvalue weighted by molar-refractivity contribution is -0.192. The monoisotopic (exact) mass is 396 g/mol. The van der Waals surface area contributed by atoms with E-state index in [0.717, 1.165) is 32.8 Å². The van der Waals surface area contributed by atoms with Crippen molar-refractivity contribution in [2.75, 3.05) is 39.4 Å². The fourth-order valence-electron chi connectivity index (χ4n) is 4.19. The first-order valence-corrected chi connectivity index (χ1v) is 9.22. The number of aliphatic carboxylic acids is 1. The van der Waals surface area contributed by atoms with Gasteiger partial charge in [-0.3, -0.25) is 9.69 Å². The van der Waals surface area contributed by atoms with Crippen molar-refractivity contribution in [1.82, 2.24) is 9.80 Å².